The van der Waals surface area contributed by atoms with Crippen LogP contribution in [0.1, 0.15) is 56.4 Å². The number of thioether (sulfide) groups is 1. The number of allylic oxidation sites excluding steroid dienone is 1. The molecule has 40 heavy (non-hydrogen) atoms. The molecule has 1 N–H and O–H groups in total. The highest BCUT2D eigenvalue weighted by Gasteiger charge is 2.27. The van der Waals surface area contributed by atoms with E-state index in [0.717, 1.165) is 22.5 Å². The van der Waals surface area contributed by atoms with E-state index >= 15 is 0 Å². The van der Waals surface area contributed by atoms with Gasteiger partial charge in [0.2, 0.25) is 5.91 Å². The van der Waals surface area contributed by atoms with E-state index < -0.39 is 17.8 Å². The average molecular weight is 607 g/mol. The van der Waals surface area contributed by atoms with Gasteiger partial charge in [-0.2, -0.15) is 0 Å². The van der Waals surface area contributed by atoms with Gasteiger partial charge in [-0.25, -0.2) is 9.59 Å². The molecule has 0 spiro atoms. The predicted octanol–water partition coefficient (Wildman–Crippen LogP) is 5.77. The van der Waals surface area contributed by atoms with E-state index in [-0.39, 0.29) is 41.0 Å². The first-order chi connectivity index (χ1) is 19.1. The number of thiophene rings is 1. The van der Waals surface area contributed by atoms with Crippen LogP contribution in [0.15, 0.2) is 29.9 Å². The van der Waals surface area contributed by atoms with Crippen molar-refractivity contribution in [1.29, 1.82) is 0 Å². The maximum absolute atomic E-state index is 12.9. The number of hydrogen-bond acceptors (Lipinski definition) is 10. The summed E-state index contributed by atoms with van der Waals surface area (Å²) in [4.78, 5) is 38.1. The van der Waals surface area contributed by atoms with E-state index in [1.54, 1.807) is 31.4 Å². The molecule has 0 saturated carbocycles. The summed E-state index contributed by atoms with van der Waals surface area (Å²) in [6, 6.07) is 3.71. The Bertz CT molecular complexity index is 1400. The minimum absolute atomic E-state index is 0.0281. The minimum Gasteiger partial charge on any atom is -0.486 e. The van der Waals surface area contributed by atoms with Gasteiger partial charge in [-0.05, 0) is 63.4 Å². The summed E-state index contributed by atoms with van der Waals surface area (Å²) in [6.07, 6.45) is 1.70. The average Bonchev–Trinajstić information content (AvgIpc) is 3.44. The molecule has 0 bridgehead atoms. The summed E-state index contributed by atoms with van der Waals surface area (Å²) in [6.45, 7) is 13.5. The van der Waals surface area contributed by atoms with Gasteiger partial charge >= 0.3 is 11.9 Å². The number of anilines is 1. The number of nitrogens with zero attached hydrogens (tertiary/aromatic N) is 3. The number of ether oxygens (including phenoxy) is 3. The van der Waals surface area contributed by atoms with Crippen LogP contribution in [0.5, 0.6) is 5.75 Å². The lowest BCUT2D eigenvalue weighted by atomic mass is 10.1. The topological polar surface area (TPSA) is 122 Å². The second kappa shape index (κ2) is 14.3. The molecule has 0 aliphatic rings. The maximum Gasteiger partial charge on any atom is 0.348 e. The molecule has 0 radical (unpaired) electrons. The zero-order valence-corrected chi connectivity index (χ0v) is 25.3. The van der Waals surface area contributed by atoms with Crippen molar-refractivity contribution in [3.8, 4) is 5.75 Å². The van der Waals surface area contributed by atoms with Gasteiger partial charge in [0, 0.05) is 11.6 Å². The molecule has 214 valence electrons. The Morgan fingerprint density at radius 2 is 1.75 bits per heavy atom. The van der Waals surface area contributed by atoms with Crippen LogP contribution in [0.25, 0.3) is 0 Å². The van der Waals surface area contributed by atoms with Gasteiger partial charge in [0.15, 0.2) is 11.0 Å². The van der Waals surface area contributed by atoms with Crippen LogP contribution >= 0.6 is 34.7 Å². The number of esters is 2. The summed E-state index contributed by atoms with van der Waals surface area (Å²) in [7, 11) is 0. The second-order valence-electron chi connectivity index (χ2n) is 8.50. The van der Waals surface area contributed by atoms with E-state index in [1.165, 1.54) is 11.8 Å². The van der Waals surface area contributed by atoms with Crippen molar-refractivity contribution < 1.29 is 28.6 Å². The van der Waals surface area contributed by atoms with Gasteiger partial charge in [0.1, 0.15) is 22.2 Å². The third-order valence-electron chi connectivity index (χ3n) is 5.56. The molecule has 2 aromatic heterocycles. The Labute approximate surface area is 246 Å². The Morgan fingerprint density at radius 1 is 1.10 bits per heavy atom. The monoisotopic (exact) mass is 606 g/mol. The maximum atomic E-state index is 12.9. The van der Waals surface area contributed by atoms with E-state index in [0.29, 0.717) is 33.9 Å². The highest BCUT2D eigenvalue weighted by Crippen LogP contribution is 2.35. The molecule has 0 unspecified atom stereocenters. The standard InChI is InChI=1S/C27H31ClN4O6S2/c1-7-10-32-19(13-38-18-11-15(4)22(28)16(5)12-18)30-31-27(32)39-14-20(33)29-24-21(25(34)36-8-2)17(6)23(40-24)26(35)37-9-3/h7,11-12H,1,8-10,13-14H2,2-6H3,(H,29,33). The number of nitrogens with one attached hydrogen (secondary N) is 1. The molecule has 1 aromatic carbocycles. The van der Waals surface area contributed by atoms with E-state index in [4.69, 9.17) is 25.8 Å². The van der Waals surface area contributed by atoms with Crippen molar-refractivity contribution in [2.24, 2.45) is 0 Å². The van der Waals surface area contributed by atoms with Crippen LogP contribution in [-0.4, -0.2) is 51.6 Å². The van der Waals surface area contributed by atoms with Crippen molar-refractivity contribution in [2.75, 3.05) is 24.3 Å². The van der Waals surface area contributed by atoms with Crippen LogP contribution in [0.2, 0.25) is 5.02 Å². The highest BCUT2D eigenvalue weighted by atomic mass is 35.5. The van der Waals surface area contributed by atoms with Crippen LogP contribution in [0.3, 0.4) is 0 Å². The number of rotatable bonds is 13. The summed E-state index contributed by atoms with van der Waals surface area (Å²) >= 11 is 8.39. The van der Waals surface area contributed by atoms with Gasteiger partial charge in [-0.3, -0.25) is 9.36 Å². The first kappa shape index (κ1) is 31.2. The minimum atomic E-state index is -0.629. The summed E-state index contributed by atoms with van der Waals surface area (Å²) in [5.74, 6) is -0.402. The molecule has 10 nitrogen and oxygen atoms in total. The fraction of sp³-hybridized carbons (Fsp3) is 0.370. The van der Waals surface area contributed by atoms with Crippen LogP contribution in [0.4, 0.5) is 5.00 Å². The van der Waals surface area contributed by atoms with E-state index in [2.05, 4.69) is 22.1 Å². The lowest BCUT2D eigenvalue weighted by molar-refractivity contribution is -0.113. The van der Waals surface area contributed by atoms with Gasteiger partial charge in [0.05, 0.1) is 24.5 Å². The van der Waals surface area contributed by atoms with Crippen LogP contribution in [-0.2, 0) is 27.4 Å². The van der Waals surface area contributed by atoms with E-state index in [1.807, 2.05) is 26.0 Å². The third kappa shape index (κ3) is 7.43. The van der Waals surface area contributed by atoms with Gasteiger partial charge < -0.3 is 19.5 Å². The number of halogens is 1. The Kier molecular flexibility index (Phi) is 11.2. The van der Waals surface area contributed by atoms with E-state index in [9.17, 15) is 14.4 Å². The molecule has 13 heteroatoms. The molecular formula is C27H31ClN4O6S2. The molecule has 2 heterocycles. The number of aryl methyl sites for hydroxylation is 2. The fourth-order valence-electron chi connectivity index (χ4n) is 3.72. The van der Waals surface area contributed by atoms with Crippen molar-refractivity contribution in [1.82, 2.24) is 14.8 Å². The zero-order valence-electron chi connectivity index (χ0n) is 23.0. The number of amides is 1. The first-order valence-corrected chi connectivity index (χ1v) is 14.6. The van der Waals surface area contributed by atoms with Gasteiger partial charge in [0.25, 0.3) is 0 Å². The van der Waals surface area contributed by atoms with Crippen molar-refractivity contribution in [3.63, 3.8) is 0 Å². The number of carbonyl (C=O) groups excluding carboxylic acids is 3. The predicted molar refractivity (Wildman–Crippen MR) is 156 cm³/mol. The Balaban J connectivity index is 1.73. The molecule has 0 saturated heterocycles. The molecule has 1 amide bonds. The molecule has 0 aliphatic heterocycles. The van der Waals surface area contributed by atoms with Crippen molar-refractivity contribution in [3.05, 3.63) is 62.8 Å². The third-order valence-corrected chi connectivity index (χ3v) is 8.31. The molecule has 3 rings (SSSR count). The Morgan fingerprint density at radius 3 is 2.38 bits per heavy atom. The normalized spacial score (nSPS) is 10.8. The van der Waals surface area contributed by atoms with Gasteiger partial charge in [-0.15, -0.1) is 28.1 Å². The zero-order chi connectivity index (χ0) is 29.4. The highest BCUT2D eigenvalue weighted by molar-refractivity contribution is 7.99. The summed E-state index contributed by atoms with van der Waals surface area (Å²) < 4.78 is 18.0. The first-order valence-electron chi connectivity index (χ1n) is 12.4. The quantitative estimate of drug-likeness (QED) is 0.147. The molecule has 0 atom stereocenters. The molecule has 3 aromatic rings. The SMILES string of the molecule is C=CCn1c(COc2cc(C)c(Cl)c(C)c2)nnc1SCC(=O)Nc1sc(C(=O)OCC)c(C)c1C(=O)OCC. The van der Waals surface area contributed by atoms with Crippen molar-refractivity contribution in [2.45, 2.75) is 52.9 Å². The smallest absolute Gasteiger partial charge is 0.348 e. The Hall–Kier alpha value is -3.35. The summed E-state index contributed by atoms with van der Waals surface area (Å²) in [5.41, 5.74) is 2.35. The largest absolute Gasteiger partial charge is 0.486 e. The fourth-order valence-corrected chi connectivity index (χ4v) is 5.70. The van der Waals surface area contributed by atoms with Crippen LogP contribution < -0.4 is 10.1 Å². The van der Waals surface area contributed by atoms with Crippen LogP contribution in [0, 0.1) is 20.8 Å². The molecular weight excluding hydrogens is 576 g/mol. The lowest BCUT2D eigenvalue weighted by Crippen LogP contribution is -2.17. The van der Waals surface area contributed by atoms with Gasteiger partial charge in [-0.1, -0.05) is 29.4 Å². The molecule has 0 aliphatic carbocycles. The number of aromatic nitrogens is 3. The number of hydrogen-bond donors (Lipinski definition) is 1. The second-order valence-corrected chi connectivity index (χ2v) is 10.8. The lowest BCUT2D eigenvalue weighted by Gasteiger charge is -2.11. The molecule has 0 fully saturated rings. The number of carbonyl (C=O) groups is 3. The van der Waals surface area contributed by atoms with Crippen molar-refractivity contribution >= 4 is 57.5 Å². The number of benzene rings is 1. The summed E-state index contributed by atoms with van der Waals surface area (Å²) in [5, 5.41) is 12.6.